The number of nitrogens with zero attached hydrogens (tertiary/aromatic N) is 2. The SMILES string of the molecule is CS(=O)(=O)N1CCC[C@H](C(=O)Nc2cccc3cccnc23)C1. The second-order valence-electron chi connectivity index (χ2n) is 5.83. The van der Waals surface area contributed by atoms with Gasteiger partial charge in [0.2, 0.25) is 15.9 Å². The molecule has 1 aromatic heterocycles. The Morgan fingerprint density at radius 2 is 2.09 bits per heavy atom. The van der Waals surface area contributed by atoms with E-state index in [0.29, 0.717) is 25.1 Å². The topological polar surface area (TPSA) is 79.4 Å². The van der Waals surface area contributed by atoms with Crippen molar-refractivity contribution in [1.29, 1.82) is 0 Å². The Kier molecular flexibility index (Phi) is 4.32. The van der Waals surface area contributed by atoms with Gasteiger partial charge in [-0.1, -0.05) is 18.2 Å². The summed E-state index contributed by atoms with van der Waals surface area (Å²) < 4.78 is 24.7. The van der Waals surface area contributed by atoms with Crippen LogP contribution in [0.4, 0.5) is 5.69 Å². The number of pyridine rings is 1. The van der Waals surface area contributed by atoms with Crippen molar-refractivity contribution in [2.24, 2.45) is 5.92 Å². The molecule has 1 fully saturated rings. The van der Waals surface area contributed by atoms with E-state index in [0.717, 1.165) is 10.9 Å². The molecule has 0 spiro atoms. The summed E-state index contributed by atoms with van der Waals surface area (Å²) in [7, 11) is -3.26. The number of piperidine rings is 1. The van der Waals surface area contributed by atoms with Gasteiger partial charge >= 0.3 is 0 Å². The number of rotatable bonds is 3. The molecule has 0 bridgehead atoms. The second-order valence-corrected chi connectivity index (χ2v) is 7.81. The minimum Gasteiger partial charge on any atom is -0.324 e. The standard InChI is InChI=1S/C16H19N3O3S/c1-23(21,22)19-10-4-7-13(11-19)16(20)18-14-8-2-5-12-6-3-9-17-15(12)14/h2-3,5-6,8-9,13H,4,7,10-11H2,1H3,(H,18,20)/t13-/m0/s1. The molecule has 0 radical (unpaired) electrons. The zero-order valence-corrected chi connectivity index (χ0v) is 13.7. The van der Waals surface area contributed by atoms with Gasteiger partial charge in [-0.05, 0) is 25.0 Å². The van der Waals surface area contributed by atoms with Crippen molar-refractivity contribution in [3.63, 3.8) is 0 Å². The van der Waals surface area contributed by atoms with Gasteiger partial charge in [-0.2, -0.15) is 0 Å². The van der Waals surface area contributed by atoms with Crippen LogP contribution in [0.15, 0.2) is 36.5 Å². The summed E-state index contributed by atoms with van der Waals surface area (Å²) in [6.45, 7) is 0.724. The molecule has 0 aliphatic carbocycles. The zero-order chi connectivity index (χ0) is 16.4. The number of hydrogen-bond acceptors (Lipinski definition) is 4. The lowest BCUT2D eigenvalue weighted by molar-refractivity contribution is -0.120. The van der Waals surface area contributed by atoms with Gasteiger partial charge in [0.15, 0.2) is 0 Å². The largest absolute Gasteiger partial charge is 0.324 e. The van der Waals surface area contributed by atoms with Gasteiger partial charge in [0, 0.05) is 24.7 Å². The van der Waals surface area contributed by atoms with Crippen molar-refractivity contribution in [2.45, 2.75) is 12.8 Å². The third kappa shape index (κ3) is 3.51. The van der Waals surface area contributed by atoms with Gasteiger partial charge < -0.3 is 5.32 Å². The molecule has 6 nitrogen and oxygen atoms in total. The molecule has 1 amide bonds. The van der Waals surface area contributed by atoms with E-state index in [9.17, 15) is 13.2 Å². The molecule has 0 saturated carbocycles. The second kappa shape index (κ2) is 6.25. The van der Waals surface area contributed by atoms with Gasteiger partial charge in [-0.15, -0.1) is 0 Å². The molecule has 2 aromatic rings. The van der Waals surface area contributed by atoms with Gasteiger partial charge in [-0.3, -0.25) is 9.78 Å². The number of para-hydroxylation sites is 1. The number of benzene rings is 1. The molecular formula is C16H19N3O3S. The summed E-state index contributed by atoms with van der Waals surface area (Å²) in [5.41, 5.74) is 1.39. The lowest BCUT2D eigenvalue weighted by Gasteiger charge is -2.30. The first-order chi connectivity index (χ1) is 10.9. The van der Waals surface area contributed by atoms with E-state index in [4.69, 9.17) is 0 Å². The third-order valence-corrected chi connectivity index (χ3v) is 5.38. The van der Waals surface area contributed by atoms with Crippen molar-refractivity contribution < 1.29 is 13.2 Å². The lowest BCUT2D eigenvalue weighted by atomic mass is 9.98. The Labute approximate surface area is 135 Å². The average Bonchev–Trinajstić information content (AvgIpc) is 2.54. The fraction of sp³-hybridized carbons (Fsp3) is 0.375. The molecule has 1 N–H and O–H groups in total. The minimum atomic E-state index is -3.26. The van der Waals surface area contributed by atoms with Crippen LogP contribution in [0.5, 0.6) is 0 Å². The van der Waals surface area contributed by atoms with Crippen molar-refractivity contribution in [2.75, 3.05) is 24.7 Å². The molecule has 1 aliphatic heterocycles. The van der Waals surface area contributed by atoms with Gasteiger partial charge in [-0.25, -0.2) is 12.7 Å². The fourth-order valence-electron chi connectivity index (χ4n) is 2.90. The van der Waals surface area contributed by atoms with Gasteiger partial charge in [0.05, 0.1) is 23.4 Å². The van der Waals surface area contributed by atoms with Crippen LogP contribution in [-0.4, -0.2) is 43.0 Å². The van der Waals surface area contributed by atoms with Crippen LogP contribution < -0.4 is 5.32 Å². The van der Waals surface area contributed by atoms with E-state index >= 15 is 0 Å². The van der Waals surface area contributed by atoms with Gasteiger partial charge in [0.1, 0.15) is 0 Å². The van der Waals surface area contributed by atoms with Crippen molar-refractivity contribution in [3.05, 3.63) is 36.5 Å². The van der Waals surface area contributed by atoms with Crippen molar-refractivity contribution in [1.82, 2.24) is 9.29 Å². The van der Waals surface area contributed by atoms with Crippen LogP contribution in [0.3, 0.4) is 0 Å². The highest BCUT2D eigenvalue weighted by atomic mass is 32.2. The normalized spacial score (nSPS) is 19.6. The number of carbonyl (C=O) groups excluding carboxylic acids is 1. The number of aromatic nitrogens is 1. The molecule has 2 heterocycles. The number of fused-ring (bicyclic) bond motifs is 1. The number of anilines is 1. The Bertz CT molecular complexity index is 830. The van der Waals surface area contributed by atoms with E-state index < -0.39 is 10.0 Å². The van der Waals surface area contributed by atoms with Crippen LogP contribution in [-0.2, 0) is 14.8 Å². The monoisotopic (exact) mass is 333 g/mol. The molecular weight excluding hydrogens is 314 g/mol. The van der Waals surface area contributed by atoms with E-state index in [-0.39, 0.29) is 18.4 Å². The lowest BCUT2D eigenvalue weighted by Crippen LogP contribution is -2.43. The summed E-state index contributed by atoms with van der Waals surface area (Å²) in [4.78, 5) is 16.8. The van der Waals surface area contributed by atoms with Crippen LogP contribution in [0.1, 0.15) is 12.8 Å². The van der Waals surface area contributed by atoms with E-state index in [2.05, 4.69) is 10.3 Å². The maximum Gasteiger partial charge on any atom is 0.228 e. The quantitative estimate of drug-likeness (QED) is 0.929. The highest BCUT2D eigenvalue weighted by Gasteiger charge is 2.30. The minimum absolute atomic E-state index is 0.156. The van der Waals surface area contributed by atoms with Crippen LogP contribution in [0, 0.1) is 5.92 Å². The Morgan fingerprint density at radius 3 is 2.87 bits per heavy atom. The summed E-state index contributed by atoms with van der Waals surface area (Å²) in [5, 5.41) is 3.85. The first-order valence-electron chi connectivity index (χ1n) is 7.55. The Morgan fingerprint density at radius 1 is 1.30 bits per heavy atom. The number of amides is 1. The molecule has 0 unspecified atom stereocenters. The number of hydrogen-bond donors (Lipinski definition) is 1. The molecule has 3 rings (SSSR count). The maximum atomic E-state index is 12.5. The maximum absolute atomic E-state index is 12.5. The van der Waals surface area contributed by atoms with E-state index in [1.807, 2.05) is 30.3 Å². The van der Waals surface area contributed by atoms with Crippen LogP contribution >= 0.6 is 0 Å². The molecule has 1 atom stereocenters. The number of carbonyl (C=O) groups is 1. The number of nitrogens with one attached hydrogen (secondary N) is 1. The smallest absolute Gasteiger partial charge is 0.228 e. The predicted octanol–water partition coefficient (Wildman–Crippen LogP) is 1.84. The fourth-order valence-corrected chi connectivity index (χ4v) is 3.81. The Balaban J connectivity index is 1.78. The summed E-state index contributed by atoms with van der Waals surface area (Å²) >= 11 is 0. The molecule has 7 heteroatoms. The summed E-state index contributed by atoms with van der Waals surface area (Å²) in [5.74, 6) is -0.492. The molecule has 1 saturated heterocycles. The Hall–Kier alpha value is -1.99. The molecule has 23 heavy (non-hydrogen) atoms. The van der Waals surface area contributed by atoms with Crippen LogP contribution in [0.2, 0.25) is 0 Å². The summed E-state index contributed by atoms with van der Waals surface area (Å²) in [6.07, 6.45) is 4.25. The first kappa shape index (κ1) is 15.9. The average molecular weight is 333 g/mol. The zero-order valence-electron chi connectivity index (χ0n) is 12.9. The van der Waals surface area contributed by atoms with Gasteiger partial charge in [0.25, 0.3) is 0 Å². The molecule has 1 aromatic carbocycles. The highest BCUT2D eigenvalue weighted by Crippen LogP contribution is 2.24. The van der Waals surface area contributed by atoms with Crippen molar-refractivity contribution in [3.8, 4) is 0 Å². The van der Waals surface area contributed by atoms with E-state index in [1.165, 1.54) is 10.6 Å². The first-order valence-corrected chi connectivity index (χ1v) is 9.40. The molecule has 1 aliphatic rings. The summed E-state index contributed by atoms with van der Waals surface area (Å²) in [6, 6.07) is 9.39. The highest BCUT2D eigenvalue weighted by molar-refractivity contribution is 7.88. The molecule has 122 valence electrons. The predicted molar refractivity (Wildman–Crippen MR) is 89.5 cm³/mol. The third-order valence-electron chi connectivity index (χ3n) is 4.11. The van der Waals surface area contributed by atoms with Crippen LogP contribution in [0.25, 0.3) is 10.9 Å². The number of sulfonamides is 1. The van der Waals surface area contributed by atoms with Crippen molar-refractivity contribution >= 4 is 32.5 Å². The van der Waals surface area contributed by atoms with E-state index in [1.54, 1.807) is 6.20 Å².